The van der Waals surface area contributed by atoms with Crippen molar-refractivity contribution < 1.29 is 0 Å². The fourth-order valence-corrected chi connectivity index (χ4v) is 1.88. The summed E-state index contributed by atoms with van der Waals surface area (Å²) in [4.78, 5) is 8.06. The second-order valence-corrected chi connectivity index (χ2v) is 5.56. The third-order valence-corrected chi connectivity index (χ3v) is 2.58. The lowest BCUT2D eigenvalue weighted by molar-refractivity contribution is 0.411. The maximum absolute atomic E-state index is 4.03. The number of hydrogen-bond donors (Lipinski definition) is 0. The minimum Gasteiger partial charge on any atom is -0.244 e. The maximum Gasteiger partial charge on any atom is 0.115 e. The Morgan fingerprint density at radius 2 is 1.47 bits per heavy atom. The Morgan fingerprint density at radius 3 is 2.00 bits per heavy atom. The van der Waals surface area contributed by atoms with E-state index in [2.05, 4.69) is 55.0 Å². The third kappa shape index (κ3) is 3.38. The van der Waals surface area contributed by atoms with Crippen molar-refractivity contribution in [2.75, 3.05) is 0 Å². The van der Waals surface area contributed by atoms with E-state index in [1.54, 1.807) is 6.33 Å². The van der Waals surface area contributed by atoms with E-state index in [-0.39, 0.29) is 0 Å². The first-order valence-electron chi connectivity index (χ1n) is 5.89. The first kappa shape index (κ1) is 11.8. The van der Waals surface area contributed by atoms with Gasteiger partial charge in [-0.1, -0.05) is 45.0 Å². The van der Waals surface area contributed by atoms with E-state index in [9.17, 15) is 0 Å². The van der Waals surface area contributed by atoms with Gasteiger partial charge in [0.15, 0.2) is 0 Å². The van der Waals surface area contributed by atoms with Gasteiger partial charge in [0.05, 0.1) is 0 Å². The van der Waals surface area contributed by atoms with Crippen LogP contribution in [-0.2, 0) is 6.42 Å². The minimum atomic E-state index is 0.331. The van der Waals surface area contributed by atoms with Crippen LogP contribution in [0.25, 0.3) is 11.1 Å². The van der Waals surface area contributed by atoms with Gasteiger partial charge in [-0.25, -0.2) is 9.97 Å². The van der Waals surface area contributed by atoms with Gasteiger partial charge in [0.2, 0.25) is 0 Å². The molecule has 2 nitrogen and oxygen atoms in total. The molecule has 2 aromatic rings. The summed E-state index contributed by atoms with van der Waals surface area (Å²) in [7, 11) is 0. The van der Waals surface area contributed by atoms with Crippen molar-refractivity contribution >= 4 is 0 Å². The zero-order valence-electron chi connectivity index (χ0n) is 10.6. The Balaban J connectivity index is 2.19. The highest BCUT2D eigenvalue weighted by atomic mass is 14.8. The van der Waals surface area contributed by atoms with Gasteiger partial charge in [-0.2, -0.15) is 0 Å². The second kappa shape index (κ2) is 4.66. The molecule has 0 aliphatic heterocycles. The molecule has 0 saturated carbocycles. The van der Waals surface area contributed by atoms with E-state index in [0.29, 0.717) is 5.41 Å². The summed E-state index contributed by atoms with van der Waals surface area (Å²) < 4.78 is 0. The molecule has 0 fully saturated rings. The molecule has 0 atom stereocenters. The van der Waals surface area contributed by atoms with Crippen molar-refractivity contribution in [2.24, 2.45) is 5.41 Å². The van der Waals surface area contributed by atoms with Gasteiger partial charge in [0.1, 0.15) is 6.33 Å². The molecule has 0 spiro atoms. The van der Waals surface area contributed by atoms with Crippen LogP contribution in [0.1, 0.15) is 26.3 Å². The number of nitrogens with zero attached hydrogens (tertiary/aromatic N) is 2. The average Bonchev–Trinajstić information content (AvgIpc) is 2.29. The van der Waals surface area contributed by atoms with E-state index in [1.807, 2.05) is 12.4 Å². The molecule has 2 rings (SSSR count). The van der Waals surface area contributed by atoms with Gasteiger partial charge >= 0.3 is 0 Å². The van der Waals surface area contributed by atoms with E-state index < -0.39 is 0 Å². The topological polar surface area (TPSA) is 25.8 Å². The van der Waals surface area contributed by atoms with Gasteiger partial charge in [0.25, 0.3) is 0 Å². The van der Waals surface area contributed by atoms with E-state index >= 15 is 0 Å². The van der Waals surface area contributed by atoms with Crippen LogP contribution in [0.3, 0.4) is 0 Å². The first-order valence-corrected chi connectivity index (χ1v) is 5.89. The zero-order chi connectivity index (χ0) is 12.3. The molecule has 2 heteroatoms. The molecular formula is C15H18N2. The van der Waals surface area contributed by atoms with E-state index in [4.69, 9.17) is 0 Å². The molecule has 0 aliphatic rings. The van der Waals surface area contributed by atoms with Crippen LogP contribution in [0, 0.1) is 5.41 Å². The van der Waals surface area contributed by atoms with Crippen LogP contribution in [0.15, 0.2) is 43.0 Å². The van der Waals surface area contributed by atoms with Crippen LogP contribution in [0.5, 0.6) is 0 Å². The maximum atomic E-state index is 4.03. The molecule has 0 unspecified atom stereocenters. The van der Waals surface area contributed by atoms with Crippen molar-refractivity contribution in [3.05, 3.63) is 48.5 Å². The Kier molecular flexibility index (Phi) is 3.23. The van der Waals surface area contributed by atoms with Gasteiger partial charge in [-0.15, -0.1) is 0 Å². The monoisotopic (exact) mass is 226 g/mol. The van der Waals surface area contributed by atoms with Crippen LogP contribution in [-0.4, -0.2) is 9.97 Å². The Bertz CT molecular complexity index is 467. The Labute approximate surface area is 103 Å². The predicted molar refractivity (Wildman–Crippen MR) is 70.6 cm³/mol. The molecule has 1 aromatic carbocycles. The third-order valence-electron chi connectivity index (χ3n) is 2.58. The van der Waals surface area contributed by atoms with Crippen molar-refractivity contribution in [1.29, 1.82) is 0 Å². The number of benzene rings is 1. The molecule has 1 aromatic heterocycles. The molecule has 0 saturated heterocycles. The van der Waals surface area contributed by atoms with Crippen LogP contribution in [0.4, 0.5) is 0 Å². The summed E-state index contributed by atoms with van der Waals surface area (Å²) in [6.07, 6.45) is 6.33. The zero-order valence-corrected chi connectivity index (χ0v) is 10.6. The van der Waals surface area contributed by atoms with Gasteiger partial charge in [0, 0.05) is 18.0 Å². The normalized spacial score (nSPS) is 11.5. The standard InChI is InChI=1S/C15H18N2/c1-15(2,3)8-12-4-6-13(7-5-12)14-9-16-11-17-10-14/h4-7,9-11H,8H2,1-3H3. The highest BCUT2D eigenvalue weighted by Crippen LogP contribution is 2.23. The lowest BCUT2D eigenvalue weighted by Crippen LogP contribution is -2.08. The fourth-order valence-electron chi connectivity index (χ4n) is 1.88. The van der Waals surface area contributed by atoms with Crippen molar-refractivity contribution in [1.82, 2.24) is 9.97 Å². The second-order valence-electron chi connectivity index (χ2n) is 5.56. The molecule has 1 heterocycles. The average molecular weight is 226 g/mol. The molecule has 0 bridgehead atoms. The molecular weight excluding hydrogens is 208 g/mol. The summed E-state index contributed by atoms with van der Waals surface area (Å²) in [5.74, 6) is 0. The fraction of sp³-hybridized carbons (Fsp3) is 0.333. The minimum absolute atomic E-state index is 0.331. The summed E-state index contributed by atoms with van der Waals surface area (Å²) >= 11 is 0. The Morgan fingerprint density at radius 1 is 0.882 bits per heavy atom. The molecule has 0 amide bonds. The smallest absolute Gasteiger partial charge is 0.115 e. The molecule has 0 N–H and O–H groups in total. The predicted octanol–water partition coefficient (Wildman–Crippen LogP) is 3.73. The van der Waals surface area contributed by atoms with Gasteiger partial charge in [-0.05, 0) is 23.0 Å². The van der Waals surface area contributed by atoms with Crippen LogP contribution in [0.2, 0.25) is 0 Å². The van der Waals surface area contributed by atoms with E-state index in [1.165, 1.54) is 11.1 Å². The number of rotatable bonds is 2. The quantitative estimate of drug-likeness (QED) is 0.779. The lowest BCUT2D eigenvalue weighted by atomic mass is 9.88. The highest BCUT2D eigenvalue weighted by molar-refractivity contribution is 5.61. The summed E-state index contributed by atoms with van der Waals surface area (Å²) in [6, 6.07) is 8.65. The highest BCUT2D eigenvalue weighted by Gasteiger charge is 2.10. The van der Waals surface area contributed by atoms with E-state index in [0.717, 1.165) is 12.0 Å². The van der Waals surface area contributed by atoms with Crippen LogP contribution < -0.4 is 0 Å². The van der Waals surface area contributed by atoms with Gasteiger partial charge in [-0.3, -0.25) is 0 Å². The van der Waals surface area contributed by atoms with Gasteiger partial charge < -0.3 is 0 Å². The van der Waals surface area contributed by atoms with Crippen molar-refractivity contribution in [2.45, 2.75) is 27.2 Å². The van der Waals surface area contributed by atoms with Crippen molar-refractivity contribution in [3.63, 3.8) is 0 Å². The first-order chi connectivity index (χ1) is 8.04. The summed E-state index contributed by atoms with van der Waals surface area (Å²) in [5, 5.41) is 0. The largest absolute Gasteiger partial charge is 0.244 e. The van der Waals surface area contributed by atoms with Crippen molar-refractivity contribution in [3.8, 4) is 11.1 Å². The van der Waals surface area contributed by atoms with Crippen LogP contribution >= 0.6 is 0 Å². The lowest BCUT2D eigenvalue weighted by Gasteiger charge is -2.18. The molecule has 0 aliphatic carbocycles. The summed E-state index contributed by atoms with van der Waals surface area (Å²) in [5.41, 5.74) is 3.94. The molecule has 0 radical (unpaired) electrons. The Hall–Kier alpha value is -1.70. The molecule has 17 heavy (non-hydrogen) atoms. The number of aromatic nitrogens is 2. The number of hydrogen-bond acceptors (Lipinski definition) is 2. The molecule has 88 valence electrons. The SMILES string of the molecule is CC(C)(C)Cc1ccc(-c2cncnc2)cc1. The summed E-state index contributed by atoms with van der Waals surface area (Å²) in [6.45, 7) is 6.77.